The quantitative estimate of drug-likeness (QED) is 0.0948. The van der Waals surface area contributed by atoms with E-state index in [1.807, 2.05) is 45.9 Å². The van der Waals surface area contributed by atoms with Crippen LogP contribution in [0.15, 0.2) is 66.2 Å². The van der Waals surface area contributed by atoms with Gasteiger partial charge in [-0.25, -0.2) is 4.98 Å². The molecule has 10 heteroatoms. The van der Waals surface area contributed by atoms with Crippen molar-refractivity contribution in [3.05, 3.63) is 77.4 Å². The van der Waals surface area contributed by atoms with Crippen LogP contribution < -0.4 is 23.8 Å². The second kappa shape index (κ2) is 13.8. The molecule has 1 unspecified atom stereocenters. The molecule has 44 heavy (non-hydrogen) atoms. The maximum atomic E-state index is 13.8. The normalized spacial score (nSPS) is 16.0. The van der Waals surface area contributed by atoms with Gasteiger partial charge in [-0.3, -0.25) is 14.5 Å². The van der Waals surface area contributed by atoms with E-state index in [4.69, 9.17) is 23.9 Å². The van der Waals surface area contributed by atoms with E-state index in [0.29, 0.717) is 71.2 Å². The highest BCUT2D eigenvalue weighted by Gasteiger charge is 2.48. The molecule has 3 aromatic carbocycles. The number of Topliss-reactive ketones (excluding diaryl/α,β-unsaturated/α-hetero) is 1. The number of rotatable bonds is 13. The zero-order chi connectivity index (χ0) is 31.2. The van der Waals surface area contributed by atoms with Crippen LogP contribution in [0.5, 0.6) is 23.0 Å². The molecule has 0 saturated carbocycles. The van der Waals surface area contributed by atoms with E-state index >= 15 is 0 Å². The molecule has 230 valence electrons. The van der Waals surface area contributed by atoms with Crippen LogP contribution in [0.4, 0.5) is 5.13 Å². The Balaban J connectivity index is 1.66. The fourth-order valence-electron chi connectivity index (χ4n) is 4.98. The summed E-state index contributed by atoms with van der Waals surface area (Å²) in [5, 5.41) is 11.9. The standard InChI is InChI=1S/C34H36N2O7S/c1-5-17-42-23-12-9-21(10-13-23)31(37)29-30(22-11-16-26(43-18-6-2)27(19-22)41-8-4)36(33(39)32(29)38)34-35-25-15-14-24(40-7-3)20-28(25)44-34/h9-16,19-20,30,37H,5-8,17-18H2,1-4H3. The fourth-order valence-corrected chi connectivity index (χ4v) is 6.00. The van der Waals surface area contributed by atoms with Crippen molar-refractivity contribution in [3.63, 3.8) is 0 Å². The predicted molar refractivity (Wildman–Crippen MR) is 171 cm³/mol. The van der Waals surface area contributed by atoms with Crippen LogP contribution in [0.3, 0.4) is 0 Å². The molecule has 1 atom stereocenters. The van der Waals surface area contributed by atoms with Crippen LogP contribution in [-0.4, -0.2) is 48.2 Å². The van der Waals surface area contributed by atoms with E-state index in [0.717, 1.165) is 17.5 Å². The molecule has 1 fully saturated rings. The van der Waals surface area contributed by atoms with Crippen molar-refractivity contribution in [2.75, 3.05) is 31.3 Å². The number of carbonyl (C=O) groups excluding carboxylic acids is 2. The van der Waals surface area contributed by atoms with Crippen LogP contribution in [0, 0.1) is 0 Å². The first kappa shape index (κ1) is 30.9. The van der Waals surface area contributed by atoms with Gasteiger partial charge in [-0.05, 0) is 86.8 Å². The van der Waals surface area contributed by atoms with Gasteiger partial charge in [0.25, 0.3) is 5.78 Å². The van der Waals surface area contributed by atoms with Gasteiger partial charge in [0, 0.05) is 5.56 Å². The maximum absolute atomic E-state index is 13.8. The van der Waals surface area contributed by atoms with Gasteiger partial charge in [0.05, 0.1) is 48.3 Å². The molecule has 0 spiro atoms. The third-order valence-electron chi connectivity index (χ3n) is 6.96. The lowest BCUT2D eigenvalue weighted by atomic mass is 9.95. The van der Waals surface area contributed by atoms with E-state index in [1.54, 1.807) is 42.5 Å². The van der Waals surface area contributed by atoms with Gasteiger partial charge in [-0.2, -0.15) is 0 Å². The van der Waals surface area contributed by atoms with E-state index in [-0.39, 0.29) is 11.3 Å². The van der Waals surface area contributed by atoms with Gasteiger partial charge in [0.1, 0.15) is 17.3 Å². The zero-order valence-electron chi connectivity index (χ0n) is 25.3. The monoisotopic (exact) mass is 616 g/mol. The average Bonchev–Trinajstić information content (AvgIpc) is 3.57. The summed E-state index contributed by atoms with van der Waals surface area (Å²) in [6, 6.07) is 16.6. The van der Waals surface area contributed by atoms with Crippen molar-refractivity contribution in [1.82, 2.24) is 4.98 Å². The van der Waals surface area contributed by atoms with Crippen LogP contribution in [0.1, 0.15) is 57.7 Å². The van der Waals surface area contributed by atoms with E-state index in [9.17, 15) is 14.7 Å². The van der Waals surface area contributed by atoms with Crippen molar-refractivity contribution in [2.45, 2.75) is 46.6 Å². The maximum Gasteiger partial charge on any atom is 0.301 e. The number of ether oxygens (including phenoxy) is 4. The minimum Gasteiger partial charge on any atom is -0.507 e. The Morgan fingerprint density at radius 1 is 0.818 bits per heavy atom. The number of nitrogens with zero attached hydrogens (tertiary/aromatic N) is 2. The Labute approximate surface area is 260 Å². The number of carbonyl (C=O) groups is 2. The van der Waals surface area contributed by atoms with Crippen molar-refractivity contribution < 1.29 is 33.6 Å². The van der Waals surface area contributed by atoms with Crippen LogP contribution in [0.25, 0.3) is 16.0 Å². The molecule has 0 radical (unpaired) electrons. The topological polar surface area (TPSA) is 107 Å². The summed E-state index contributed by atoms with van der Waals surface area (Å²) in [4.78, 5) is 33.6. The molecule has 1 aliphatic rings. The summed E-state index contributed by atoms with van der Waals surface area (Å²) in [7, 11) is 0. The molecule has 1 saturated heterocycles. The van der Waals surface area contributed by atoms with Gasteiger partial charge in [0.2, 0.25) is 0 Å². The van der Waals surface area contributed by atoms with Crippen LogP contribution in [0.2, 0.25) is 0 Å². The first-order valence-electron chi connectivity index (χ1n) is 14.9. The second-order valence-corrected chi connectivity index (χ2v) is 11.1. The lowest BCUT2D eigenvalue weighted by molar-refractivity contribution is -0.132. The Morgan fingerprint density at radius 3 is 2.23 bits per heavy atom. The van der Waals surface area contributed by atoms with Crippen molar-refractivity contribution in [1.29, 1.82) is 0 Å². The summed E-state index contributed by atoms with van der Waals surface area (Å²) in [5.41, 5.74) is 1.57. The third-order valence-corrected chi connectivity index (χ3v) is 7.97. The number of amides is 1. The van der Waals surface area contributed by atoms with E-state index < -0.39 is 17.7 Å². The smallest absolute Gasteiger partial charge is 0.301 e. The van der Waals surface area contributed by atoms with Gasteiger partial charge in [-0.1, -0.05) is 31.3 Å². The van der Waals surface area contributed by atoms with Crippen molar-refractivity contribution >= 4 is 44.1 Å². The molecule has 1 N–H and O–H groups in total. The molecule has 0 bridgehead atoms. The summed E-state index contributed by atoms with van der Waals surface area (Å²) >= 11 is 1.27. The Morgan fingerprint density at radius 2 is 1.52 bits per heavy atom. The Hall–Kier alpha value is -4.57. The molecule has 0 aliphatic carbocycles. The number of aliphatic hydroxyl groups excluding tert-OH is 1. The Kier molecular flexibility index (Phi) is 9.69. The largest absolute Gasteiger partial charge is 0.507 e. The van der Waals surface area contributed by atoms with Crippen LogP contribution in [-0.2, 0) is 9.59 Å². The van der Waals surface area contributed by atoms with Gasteiger partial charge >= 0.3 is 5.91 Å². The second-order valence-electron chi connectivity index (χ2n) is 10.1. The fraction of sp³-hybridized carbons (Fsp3) is 0.324. The van der Waals surface area contributed by atoms with Crippen molar-refractivity contribution in [3.8, 4) is 23.0 Å². The summed E-state index contributed by atoms with van der Waals surface area (Å²) in [6.45, 7) is 9.77. The number of fused-ring (bicyclic) bond motifs is 1. The molecular formula is C34H36N2O7S. The minimum absolute atomic E-state index is 0.0452. The van der Waals surface area contributed by atoms with Crippen molar-refractivity contribution in [2.24, 2.45) is 0 Å². The number of anilines is 1. The van der Waals surface area contributed by atoms with E-state index in [1.165, 1.54) is 16.2 Å². The third kappa shape index (κ3) is 6.21. The number of benzene rings is 3. The lowest BCUT2D eigenvalue weighted by Gasteiger charge is -2.24. The highest BCUT2D eigenvalue weighted by molar-refractivity contribution is 7.22. The Bertz CT molecular complexity index is 1680. The summed E-state index contributed by atoms with van der Waals surface area (Å²) in [6.07, 6.45) is 1.67. The predicted octanol–water partition coefficient (Wildman–Crippen LogP) is 7.30. The molecule has 4 aromatic rings. The van der Waals surface area contributed by atoms with Crippen LogP contribution >= 0.6 is 11.3 Å². The summed E-state index contributed by atoms with van der Waals surface area (Å²) < 4.78 is 23.9. The molecule has 9 nitrogen and oxygen atoms in total. The number of hydrogen-bond donors (Lipinski definition) is 1. The lowest BCUT2D eigenvalue weighted by Crippen LogP contribution is -2.29. The number of aliphatic hydroxyl groups is 1. The molecule has 1 aliphatic heterocycles. The first-order valence-corrected chi connectivity index (χ1v) is 15.7. The highest BCUT2D eigenvalue weighted by atomic mass is 32.1. The molecular weight excluding hydrogens is 580 g/mol. The molecule has 1 amide bonds. The number of aromatic nitrogens is 1. The molecule has 5 rings (SSSR count). The van der Waals surface area contributed by atoms with E-state index in [2.05, 4.69) is 0 Å². The SMILES string of the molecule is CCCOc1ccc(C(O)=C2C(=O)C(=O)N(c3nc4ccc(OCC)cc4s3)C2c2ccc(OCCC)c(OCC)c2)cc1. The molecule has 1 aromatic heterocycles. The zero-order valence-corrected chi connectivity index (χ0v) is 26.1. The number of ketones is 1. The number of hydrogen-bond acceptors (Lipinski definition) is 9. The highest BCUT2D eigenvalue weighted by Crippen LogP contribution is 2.46. The van der Waals surface area contributed by atoms with Gasteiger partial charge in [-0.15, -0.1) is 0 Å². The average molecular weight is 617 g/mol. The number of thiazole rings is 1. The van der Waals surface area contributed by atoms with Gasteiger partial charge in [0.15, 0.2) is 16.6 Å². The summed E-state index contributed by atoms with van der Waals surface area (Å²) in [5.74, 6) is 0.481. The minimum atomic E-state index is -0.975. The first-order chi connectivity index (χ1) is 21.4. The molecule has 2 heterocycles. The van der Waals surface area contributed by atoms with Gasteiger partial charge < -0.3 is 24.1 Å².